The van der Waals surface area contributed by atoms with Crippen LogP contribution in [0.1, 0.15) is 25.7 Å². The molecule has 10 heteroatoms. The van der Waals surface area contributed by atoms with Crippen LogP contribution < -0.4 is 19.7 Å². The number of nitrogens with zero attached hydrogens (tertiary/aromatic N) is 3. The Labute approximate surface area is 207 Å². The van der Waals surface area contributed by atoms with Crippen LogP contribution in [0, 0.1) is 11.8 Å². The molecule has 0 spiro atoms. The normalized spacial score (nSPS) is 18.4. The minimum Gasteiger partial charge on any atom is -0.405 e. The molecule has 4 rings (SSSR count). The summed E-state index contributed by atoms with van der Waals surface area (Å²) in [6, 6.07) is 14.2. The average molecular weight is 506 g/mol. The van der Waals surface area contributed by atoms with E-state index in [1.165, 1.54) is 24.1 Å². The fraction of sp³-hybridized carbons (Fsp3) is 0.440. The van der Waals surface area contributed by atoms with E-state index in [0.717, 1.165) is 55.5 Å². The summed E-state index contributed by atoms with van der Waals surface area (Å²) in [5, 5.41) is 4.46. The molecule has 2 N–H and O–H groups in total. The lowest BCUT2D eigenvalue weighted by atomic mass is 9.82. The third-order valence-corrected chi connectivity index (χ3v) is 7.02. The first kappa shape index (κ1) is 25.4. The highest BCUT2D eigenvalue weighted by atomic mass is 32.2. The molecule has 0 unspecified atom stereocenters. The van der Waals surface area contributed by atoms with Crippen molar-refractivity contribution in [2.45, 2.75) is 36.9 Å². The molecular formula is C25H30F3N5OS. The van der Waals surface area contributed by atoms with Crippen LogP contribution in [0.25, 0.3) is 10.9 Å². The highest BCUT2D eigenvalue weighted by molar-refractivity contribution is 7.97. The van der Waals surface area contributed by atoms with Crippen molar-refractivity contribution in [1.82, 2.24) is 14.7 Å². The first-order valence-corrected chi connectivity index (χ1v) is 12.5. The molecule has 0 saturated heterocycles. The summed E-state index contributed by atoms with van der Waals surface area (Å²) in [6.07, 6.45) is -0.378. The zero-order valence-corrected chi connectivity index (χ0v) is 20.6. The van der Waals surface area contributed by atoms with E-state index in [4.69, 9.17) is 4.98 Å². The third-order valence-electron chi connectivity index (χ3n) is 6.15. The molecule has 0 aliphatic heterocycles. The molecule has 1 aromatic heterocycles. The molecule has 2 aromatic carbocycles. The Hall–Kier alpha value is -2.72. The van der Waals surface area contributed by atoms with Crippen LogP contribution in [-0.2, 0) is 0 Å². The Bertz CT molecular complexity index is 1120. The summed E-state index contributed by atoms with van der Waals surface area (Å²) in [5.74, 6) is 2.39. The quantitative estimate of drug-likeness (QED) is 0.340. The monoisotopic (exact) mass is 505 g/mol. The lowest BCUT2D eigenvalue weighted by molar-refractivity contribution is -0.275. The minimum atomic E-state index is -4.70. The van der Waals surface area contributed by atoms with Crippen LogP contribution in [-0.4, -0.2) is 43.5 Å². The number of alkyl halides is 3. The number of ether oxygens (including phenoxy) is 1. The van der Waals surface area contributed by atoms with Crippen molar-refractivity contribution in [2.24, 2.45) is 11.8 Å². The molecule has 0 radical (unpaired) electrons. The SMILES string of the molecule is CN(C)c1nc(NCC2CCC(CNSc3ccccc3OC(F)(F)F)CC2)nc2ccccc12. The number of para-hydroxylation sites is 2. The van der Waals surface area contributed by atoms with Crippen molar-refractivity contribution in [1.29, 1.82) is 0 Å². The summed E-state index contributed by atoms with van der Waals surface area (Å²) in [4.78, 5) is 11.8. The van der Waals surface area contributed by atoms with Crippen LogP contribution in [0.4, 0.5) is 24.9 Å². The van der Waals surface area contributed by atoms with Gasteiger partial charge in [0, 0.05) is 32.6 Å². The molecule has 0 atom stereocenters. The summed E-state index contributed by atoms with van der Waals surface area (Å²) < 4.78 is 45.1. The Morgan fingerprint density at radius 3 is 2.31 bits per heavy atom. The van der Waals surface area contributed by atoms with E-state index < -0.39 is 6.36 Å². The maximum atomic E-state index is 12.6. The van der Waals surface area contributed by atoms with Gasteiger partial charge in [-0.25, -0.2) is 4.98 Å². The van der Waals surface area contributed by atoms with E-state index in [1.54, 1.807) is 12.1 Å². The van der Waals surface area contributed by atoms with Gasteiger partial charge < -0.3 is 15.0 Å². The lowest BCUT2D eigenvalue weighted by Crippen LogP contribution is -2.26. The van der Waals surface area contributed by atoms with E-state index >= 15 is 0 Å². The highest BCUT2D eigenvalue weighted by Gasteiger charge is 2.32. The van der Waals surface area contributed by atoms with Gasteiger partial charge in [0.2, 0.25) is 5.95 Å². The smallest absolute Gasteiger partial charge is 0.405 e. The van der Waals surface area contributed by atoms with Gasteiger partial charge in [-0.3, -0.25) is 4.72 Å². The molecule has 188 valence electrons. The number of benzene rings is 2. The first-order valence-electron chi connectivity index (χ1n) is 11.7. The molecule has 1 fully saturated rings. The Morgan fingerprint density at radius 2 is 1.60 bits per heavy atom. The lowest BCUT2D eigenvalue weighted by Gasteiger charge is -2.28. The first-order chi connectivity index (χ1) is 16.8. The van der Waals surface area contributed by atoms with Crippen molar-refractivity contribution < 1.29 is 17.9 Å². The summed E-state index contributed by atoms with van der Waals surface area (Å²) >= 11 is 1.19. The number of fused-ring (bicyclic) bond motifs is 1. The third kappa shape index (κ3) is 7.14. The van der Waals surface area contributed by atoms with Gasteiger partial charge in [0.1, 0.15) is 11.6 Å². The minimum absolute atomic E-state index is 0.180. The summed E-state index contributed by atoms with van der Waals surface area (Å²) in [5.41, 5.74) is 0.920. The zero-order valence-electron chi connectivity index (χ0n) is 19.8. The Morgan fingerprint density at radius 1 is 0.943 bits per heavy atom. The van der Waals surface area contributed by atoms with E-state index in [2.05, 4.69) is 19.8 Å². The molecule has 1 heterocycles. The number of nitrogens with one attached hydrogen (secondary N) is 2. The molecule has 1 saturated carbocycles. The highest BCUT2D eigenvalue weighted by Crippen LogP contribution is 2.33. The fourth-order valence-corrected chi connectivity index (χ4v) is 5.17. The Balaban J connectivity index is 1.23. The molecule has 35 heavy (non-hydrogen) atoms. The van der Waals surface area contributed by atoms with E-state index in [1.807, 2.05) is 43.3 Å². The number of halogens is 3. The van der Waals surface area contributed by atoms with E-state index in [-0.39, 0.29) is 5.75 Å². The second-order valence-electron chi connectivity index (χ2n) is 9.00. The van der Waals surface area contributed by atoms with Gasteiger partial charge in [0.05, 0.1) is 10.4 Å². The largest absolute Gasteiger partial charge is 0.573 e. The van der Waals surface area contributed by atoms with Gasteiger partial charge in [-0.05, 0) is 73.7 Å². The maximum absolute atomic E-state index is 12.6. The fourth-order valence-electron chi connectivity index (χ4n) is 4.34. The van der Waals surface area contributed by atoms with Crippen LogP contribution in [0.2, 0.25) is 0 Å². The zero-order chi connectivity index (χ0) is 24.8. The number of anilines is 2. The predicted molar refractivity (Wildman–Crippen MR) is 135 cm³/mol. The van der Waals surface area contributed by atoms with Gasteiger partial charge in [-0.1, -0.05) is 24.3 Å². The molecule has 1 aliphatic carbocycles. The second-order valence-corrected chi connectivity index (χ2v) is 9.93. The summed E-state index contributed by atoms with van der Waals surface area (Å²) in [6.45, 7) is 1.56. The van der Waals surface area contributed by atoms with Gasteiger partial charge >= 0.3 is 6.36 Å². The van der Waals surface area contributed by atoms with Gasteiger partial charge in [-0.15, -0.1) is 13.2 Å². The average Bonchev–Trinajstić information content (AvgIpc) is 2.83. The number of hydrogen-bond donors (Lipinski definition) is 2. The number of hydrogen-bond acceptors (Lipinski definition) is 7. The van der Waals surface area contributed by atoms with Crippen molar-refractivity contribution in [3.05, 3.63) is 48.5 Å². The molecule has 6 nitrogen and oxygen atoms in total. The van der Waals surface area contributed by atoms with Gasteiger partial charge in [0.25, 0.3) is 0 Å². The molecule has 0 bridgehead atoms. The van der Waals surface area contributed by atoms with Crippen LogP contribution in [0.3, 0.4) is 0 Å². The van der Waals surface area contributed by atoms with Crippen LogP contribution in [0.15, 0.2) is 53.4 Å². The maximum Gasteiger partial charge on any atom is 0.573 e. The van der Waals surface area contributed by atoms with Crippen LogP contribution in [0.5, 0.6) is 5.75 Å². The van der Waals surface area contributed by atoms with Crippen molar-refractivity contribution in [2.75, 3.05) is 37.4 Å². The summed E-state index contributed by atoms with van der Waals surface area (Å²) in [7, 11) is 3.96. The molecule has 1 aliphatic rings. The topological polar surface area (TPSA) is 62.3 Å². The van der Waals surface area contributed by atoms with E-state index in [0.29, 0.717) is 22.7 Å². The van der Waals surface area contributed by atoms with Crippen molar-refractivity contribution in [3.8, 4) is 5.75 Å². The molecule has 0 amide bonds. The van der Waals surface area contributed by atoms with Gasteiger partial charge in [0.15, 0.2) is 0 Å². The van der Waals surface area contributed by atoms with Crippen molar-refractivity contribution in [3.63, 3.8) is 0 Å². The molecule has 3 aromatic rings. The predicted octanol–water partition coefficient (Wildman–Crippen LogP) is 6.11. The Kier molecular flexibility index (Phi) is 8.22. The van der Waals surface area contributed by atoms with Crippen LogP contribution >= 0.6 is 11.9 Å². The number of rotatable bonds is 9. The second kappa shape index (κ2) is 11.3. The standard InChI is InChI=1S/C25H30F3N5OS/c1-33(2)23-19-7-3-4-8-20(19)31-24(32-23)29-15-17-11-13-18(14-12-17)16-30-35-22-10-6-5-9-21(22)34-25(26,27)28/h3-10,17-18,30H,11-16H2,1-2H3,(H,29,31,32). The molecular weight excluding hydrogens is 475 g/mol. The van der Waals surface area contributed by atoms with Crippen molar-refractivity contribution >= 4 is 34.6 Å². The van der Waals surface area contributed by atoms with Gasteiger partial charge in [-0.2, -0.15) is 4.98 Å². The number of aromatic nitrogens is 2. The van der Waals surface area contributed by atoms with E-state index in [9.17, 15) is 13.2 Å².